The lowest BCUT2D eigenvalue weighted by atomic mass is 9.98. The first-order valence-corrected chi connectivity index (χ1v) is 3.46. The molecule has 38 valence electrons. The van der Waals surface area contributed by atoms with E-state index in [0.29, 0.717) is 5.41 Å². The maximum Gasteiger partial charge on any atom is 0.00568 e. The van der Waals surface area contributed by atoms with Gasteiger partial charge in [0.2, 0.25) is 0 Å². The summed E-state index contributed by atoms with van der Waals surface area (Å²) in [5.41, 5.74) is 0.377. The molecular formula is C6H9P. The highest BCUT2D eigenvalue weighted by Gasteiger charge is 2.10. The molecule has 0 fully saturated rings. The molecule has 0 bridgehead atoms. The van der Waals surface area contributed by atoms with Gasteiger partial charge in [-0.25, -0.2) is 0 Å². The third kappa shape index (κ3) is 1.14. The van der Waals surface area contributed by atoms with Gasteiger partial charge in [-0.05, 0) is 11.6 Å². The second kappa shape index (κ2) is 1.45. The molecule has 1 rings (SSSR count). The van der Waals surface area contributed by atoms with Gasteiger partial charge in [0.25, 0.3) is 0 Å². The highest BCUT2D eigenvalue weighted by atomic mass is 31.1. The Labute approximate surface area is 46.0 Å². The fourth-order valence-electron chi connectivity index (χ4n) is 0.513. The second-order valence-corrected chi connectivity index (χ2v) is 3.27. The van der Waals surface area contributed by atoms with E-state index in [1.165, 1.54) is 8.20 Å². The fourth-order valence-corrected chi connectivity index (χ4v) is 1.54. The van der Waals surface area contributed by atoms with Crippen LogP contribution in [0.25, 0.3) is 0 Å². The van der Waals surface area contributed by atoms with Crippen LogP contribution in [0.1, 0.15) is 13.8 Å². The molecule has 0 N–H and O–H groups in total. The Balaban J connectivity index is 2.77. The molecular weight excluding hydrogens is 103 g/mol. The quantitative estimate of drug-likeness (QED) is 0.422. The zero-order valence-electron chi connectivity index (χ0n) is 4.68. The van der Waals surface area contributed by atoms with Gasteiger partial charge in [-0.2, -0.15) is 0 Å². The van der Waals surface area contributed by atoms with E-state index in [-0.39, 0.29) is 0 Å². The number of hydrogen-bond acceptors (Lipinski definition) is 0. The highest BCUT2D eigenvalue weighted by molar-refractivity contribution is 7.42. The zero-order chi connectivity index (χ0) is 5.33. The minimum atomic E-state index is 0.377. The smallest absolute Gasteiger partial charge is 0.00568 e. The van der Waals surface area contributed by atoms with Crippen molar-refractivity contribution in [1.82, 2.24) is 0 Å². The van der Waals surface area contributed by atoms with E-state index in [0.717, 1.165) is 0 Å². The third-order valence-electron chi connectivity index (χ3n) is 0.997. The molecule has 0 atom stereocenters. The molecule has 0 aliphatic carbocycles. The van der Waals surface area contributed by atoms with E-state index in [1.54, 1.807) is 0 Å². The summed E-state index contributed by atoms with van der Waals surface area (Å²) in [5, 5.41) is 0. The molecule has 0 aromatic rings. The second-order valence-electron chi connectivity index (χ2n) is 2.42. The molecule has 1 heteroatoms. The van der Waals surface area contributed by atoms with E-state index in [2.05, 4.69) is 31.5 Å². The maximum absolute atomic E-state index is 2.28. The summed E-state index contributed by atoms with van der Waals surface area (Å²) in [7, 11) is 1.36. The van der Waals surface area contributed by atoms with Crippen LogP contribution >= 0.6 is 8.20 Å². The van der Waals surface area contributed by atoms with Gasteiger partial charge in [-0.3, -0.25) is 0 Å². The Hall–Kier alpha value is -0.0900. The molecule has 0 nitrogen and oxygen atoms in total. The van der Waals surface area contributed by atoms with Crippen molar-refractivity contribution in [3.63, 3.8) is 0 Å². The van der Waals surface area contributed by atoms with Crippen molar-refractivity contribution in [2.24, 2.45) is 5.41 Å². The Morgan fingerprint density at radius 3 is 2.29 bits per heavy atom. The fraction of sp³-hybridized carbons (Fsp3) is 0.500. The van der Waals surface area contributed by atoms with Crippen molar-refractivity contribution >= 4 is 14.0 Å². The van der Waals surface area contributed by atoms with Crippen molar-refractivity contribution < 1.29 is 0 Å². The van der Waals surface area contributed by atoms with Gasteiger partial charge in [0.05, 0.1) is 0 Å². The summed E-state index contributed by atoms with van der Waals surface area (Å²) in [6.45, 7) is 4.42. The molecule has 0 aromatic carbocycles. The van der Waals surface area contributed by atoms with Crippen molar-refractivity contribution in [2.45, 2.75) is 13.8 Å². The standard InChI is InChI=1S/C6H9P/c1-6(2)3-4-7-5-6/h3-5H,1-2H3. The molecule has 1 aliphatic rings. The van der Waals surface area contributed by atoms with E-state index in [4.69, 9.17) is 0 Å². The molecule has 0 spiro atoms. The average Bonchev–Trinajstić information content (AvgIpc) is 1.84. The van der Waals surface area contributed by atoms with Crippen LogP contribution in [0.4, 0.5) is 0 Å². The molecule has 0 radical (unpaired) electrons. The molecule has 1 heterocycles. The topological polar surface area (TPSA) is 0 Å². The van der Waals surface area contributed by atoms with Crippen LogP contribution in [0.3, 0.4) is 0 Å². The lowest BCUT2D eigenvalue weighted by molar-refractivity contribution is 0.707. The van der Waals surface area contributed by atoms with Gasteiger partial charge < -0.3 is 0 Å². The van der Waals surface area contributed by atoms with Crippen molar-refractivity contribution in [3.05, 3.63) is 11.9 Å². The average molecular weight is 112 g/mol. The Kier molecular flexibility index (Phi) is 1.05. The maximum atomic E-state index is 2.28. The summed E-state index contributed by atoms with van der Waals surface area (Å²) >= 11 is 0. The van der Waals surface area contributed by atoms with E-state index in [1.807, 2.05) is 0 Å². The lowest BCUT2D eigenvalue weighted by Gasteiger charge is -2.07. The largest absolute Gasteiger partial charge is 0.0803 e. The summed E-state index contributed by atoms with van der Waals surface area (Å²) < 4.78 is 0. The van der Waals surface area contributed by atoms with E-state index in [9.17, 15) is 0 Å². The normalized spacial score (nSPS) is 26.0. The Bertz CT molecular complexity index is 106. The molecule has 0 saturated carbocycles. The van der Waals surface area contributed by atoms with Crippen LogP contribution in [0.15, 0.2) is 11.9 Å². The van der Waals surface area contributed by atoms with Gasteiger partial charge >= 0.3 is 0 Å². The molecule has 7 heavy (non-hydrogen) atoms. The first kappa shape index (κ1) is 5.05. The number of hydrogen-bond donors (Lipinski definition) is 0. The predicted molar refractivity (Wildman–Crippen MR) is 35.9 cm³/mol. The minimum Gasteiger partial charge on any atom is -0.0803 e. The monoisotopic (exact) mass is 112 g/mol. The molecule has 0 saturated heterocycles. The Morgan fingerprint density at radius 1 is 1.43 bits per heavy atom. The molecule has 0 unspecified atom stereocenters. The minimum absolute atomic E-state index is 0.377. The van der Waals surface area contributed by atoms with Gasteiger partial charge in [-0.15, -0.1) is 0 Å². The summed E-state index contributed by atoms with van der Waals surface area (Å²) in [4.78, 5) is 0. The summed E-state index contributed by atoms with van der Waals surface area (Å²) in [6.07, 6.45) is 2.23. The SMILES string of the molecule is CC1(C)C=CP=C1. The summed E-state index contributed by atoms with van der Waals surface area (Å²) in [5.74, 6) is 4.47. The van der Waals surface area contributed by atoms with Crippen molar-refractivity contribution in [2.75, 3.05) is 0 Å². The first-order chi connectivity index (χ1) is 3.21. The third-order valence-corrected chi connectivity index (χ3v) is 2.13. The number of allylic oxidation sites excluding steroid dienone is 1. The van der Waals surface area contributed by atoms with Crippen molar-refractivity contribution in [3.8, 4) is 0 Å². The van der Waals surface area contributed by atoms with Crippen LogP contribution in [0, 0.1) is 5.41 Å². The van der Waals surface area contributed by atoms with Crippen LogP contribution < -0.4 is 0 Å². The van der Waals surface area contributed by atoms with Crippen LogP contribution in [0.2, 0.25) is 0 Å². The van der Waals surface area contributed by atoms with E-state index >= 15 is 0 Å². The van der Waals surface area contributed by atoms with Crippen LogP contribution in [-0.2, 0) is 0 Å². The molecule has 1 aliphatic heterocycles. The Morgan fingerprint density at radius 2 is 2.14 bits per heavy atom. The molecule has 0 amide bonds. The lowest BCUT2D eigenvalue weighted by Crippen LogP contribution is -2.03. The van der Waals surface area contributed by atoms with Gasteiger partial charge in [-0.1, -0.05) is 28.1 Å². The number of rotatable bonds is 0. The van der Waals surface area contributed by atoms with Gasteiger partial charge in [0, 0.05) is 5.41 Å². The summed E-state index contributed by atoms with van der Waals surface area (Å²) in [6, 6.07) is 0. The highest BCUT2D eigenvalue weighted by Crippen LogP contribution is 2.24. The van der Waals surface area contributed by atoms with Crippen LogP contribution in [0.5, 0.6) is 0 Å². The zero-order valence-corrected chi connectivity index (χ0v) is 5.57. The van der Waals surface area contributed by atoms with E-state index < -0.39 is 0 Å². The van der Waals surface area contributed by atoms with Gasteiger partial charge in [0.1, 0.15) is 0 Å². The van der Waals surface area contributed by atoms with Crippen LogP contribution in [-0.4, -0.2) is 5.80 Å². The van der Waals surface area contributed by atoms with Crippen molar-refractivity contribution in [1.29, 1.82) is 0 Å². The van der Waals surface area contributed by atoms with Gasteiger partial charge in [0.15, 0.2) is 0 Å². The first-order valence-electron chi connectivity index (χ1n) is 2.43. The predicted octanol–water partition coefficient (Wildman–Crippen LogP) is 2.29. The molecule has 0 aromatic heterocycles.